The summed E-state index contributed by atoms with van der Waals surface area (Å²) < 4.78 is 13.6. The highest BCUT2D eigenvalue weighted by atomic mass is 35.5. The number of likely N-dealkylation sites (tertiary alicyclic amines) is 1. The van der Waals surface area contributed by atoms with E-state index in [4.69, 9.17) is 9.47 Å². The third-order valence-electron chi connectivity index (χ3n) is 6.22. The van der Waals surface area contributed by atoms with Gasteiger partial charge in [-0.1, -0.05) is 67.6 Å². The van der Waals surface area contributed by atoms with Crippen LogP contribution in [0.4, 0.5) is 0 Å². The van der Waals surface area contributed by atoms with E-state index in [1.165, 1.54) is 43.5 Å². The molecule has 4 heteroatoms. The minimum Gasteiger partial charge on any atom is -1.00 e. The zero-order chi connectivity index (χ0) is 18.5. The third kappa shape index (κ3) is 5.15. The SMILES string of the molecule is CC(c1ccccc1)C1OCC(C[N+]2(Cc3ccccc3)CCCCC2)O1.[Cl-]. The van der Waals surface area contributed by atoms with Gasteiger partial charge in [-0.2, -0.15) is 0 Å². The second-order valence-corrected chi connectivity index (χ2v) is 8.33. The van der Waals surface area contributed by atoms with Gasteiger partial charge in [-0.05, 0) is 24.8 Å². The Labute approximate surface area is 175 Å². The molecular formula is C24H32ClNO2. The molecule has 3 atom stereocenters. The van der Waals surface area contributed by atoms with Crippen LogP contribution in [0.2, 0.25) is 0 Å². The first-order chi connectivity index (χ1) is 13.2. The molecule has 2 aromatic rings. The Morgan fingerprint density at radius 2 is 1.57 bits per heavy atom. The second kappa shape index (κ2) is 9.89. The average Bonchev–Trinajstić information content (AvgIpc) is 3.17. The van der Waals surface area contributed by atoms with Crippen molar-refractivity contribution in [3.05, 3.63) is 71.8 Å². The van der Waals surface area contributed by atoms with E-state index in [-0.39, 0.29) is 30.7 Å². The fraction of sp³-hybridized carbons (Fsp3) is 0.500. The van der Waals surface area contributed by atoms with Gasteiger partial charge in [-0.15, -0.1) is 0 Å². The van der Waals surface area contributed by atoms with E-state index in [9.17, 15) is 0 Å². The molecule has 2 aliphatic rings. The van der Waals surface area contributed by atoms with Gasteiger partial charge >= 0.3 is 0 Å². The number of ether oxygens (including phenoxy) is 2. The van der Waals surface area contributed by atoms with Crippen LogP contribution in [0.5, 0.6) is 0 Å². The summed E-state index contributed by atoms with van der Waals surface area (Å²) in [6.45, 7) is 7.61. The highest BCUT2D eigenvalue weighted by Gasteiger charge is 2.39. The zero-order valence-corrected chi connectivity index (χ0v) is 17.6. The normalized spacial score (nSPS) is 25.0. The molecule has 28 heavy (non-hydrogen) atoms. The van der Waals surface area contributed by atoms with Crippen molar-refractivity contribution in [2.45, 2.75) is 51.0 Å². The summed E-state index contributed by atoms with van der Waals surface area (Å²) >= 11 is 0. The number of quaternary nitrogens is 1. The Hall–Kier alpha value is -1.39. The molecule has 0 spiro atoms. The summed E-state index contributed by atoms with van der Waals surface area (Å²) in [5.74, 6) is 0.264. The maximum Gasteiger partial charge on any atom is 0.165 e. The molecule has 3 nitrogen and oxygen atoms in total. The predicted octanol–water partition coefficient (Wildman–Crippen LogP) is 1.74. The van der Waals surface area contributed by atoms with E-state index in [0.29, 0.717) is 0 Å². The van der Waals surface area contributed by atoms with Gasteiger partial charge in [-0.25, -0.2) is 0 Å². The fourth-order valence-electron chi connectivity index (χ4n) is 4.73. The van der Waals surface area contributed by atoms with Gasteiger partial charge in [-0.3, -0.25) is 0 Å². The van der Waals surface area contributed by atoms with Gasteiger partial charge in [0.25, 0.3) is 0 Å². The minimum absolute atomic E-state index is 0. The summed E-state index contributed by atoms with van der Waals surface area (Å²) in [7, 11) is 0. The van der Waals surface area contributed by atoms with Gasteiger partial charge in [0.1, 0.15) is 19.2 Å². The Bertz CT molecular complexity index is 703. The number of halogens is 1. The molecule has 0 bridgehead atoms. The summed E-state index contributed by atoms with van der Waals surface area (Å²) in [6.07, 6.45) is 4.08. The lowest BCUT2D eigenvalue weighted by atomic mass is 10.0. The third-order valence-corrected chi connectivity index (χ3v) is 6.22. The maximum atomic E-state index is 6.41. The molecule has 2 aromatic carbocycles. The van der Waals surface area contributed by atoms with E-state index < -0.39 is 0 Å². The Morgan fingerprint density at radius 1 is 0.929 bits per heavy atom. The lowest BCUT2D eigenvalue weighted by Crippen LogP contribution is -3.00. The van der Waals surface area contributed by atoms with Crippen LogP contribution in [0.15, 0.2) is 60.7 Å². The van der Waals surface area contributed by atoms with Crippen LogP contribution < -0.4 is 12.4 Å². The van der Waals surface area contributed by atoms with Gasteiger partial charge in [0.05, 0.1) is 19.7 Å². The zero-order valence-electron chi connectivity index (χ0n) is 16.8. The smallest absolute Gasteiger partial charge is 0.165 e. The van der Waals surface area contributed by atoms with Crippen LogP contribution in [-0.4, -0.2) is 43.1 Å². The van der Waals surface area contributed by atoms with Crippen LogP contribution in [0.1, 0.15) is 43.2 Å². The minimum atomic E-state index is -0.126. The van der Waals surface area contributed by atoms with E-state index >= 15 is 0 Å². The van der Waals surface area contributed by atoms with Gasteiger partial charge in [0.15, 0.2) is 6.29 Å². The summed E-state index contributed by atoms with van der Waals surface area (Å²) in [5.41, 5.74) is 2.72. The van der Waals surface area contributed by atoms with Gasteiger partial charge < -0.3 is 26.4 Å². The molecule has 3 unspecified atom stereocenters. The molecule has 2 saturated heterocycles. The van der Waals surface area contributed by atoms with E-state index in [1.54, 1.807) is 0 Å². The van der Waals surface area contributed by atoms with E-state index in [2.05, 4.69) is 67.6 Å². The number of benzene rings is 2. The summed E-state index contributed by atoms with van der Waals surface area (Å²) in [5, 5.41) is 0. The molecule has 0 saturated carbocycles. The topological polar surface area (TPSA) is 18.5 Å². The summed E-state index contributed by atoms with van der Waals surface area (Å²) in [4.78, 5) is 0. The molecule has 0 aliphatic carbocycles. The Balaban J connectivity index is 0.00000225. The number of hydrogen-bond acceptors (Lipinski definition) is 2. The highest BCUT2D eigenvalue weighted by Crippen LogP contribution is 2.30. The quantitative estimate of drug-likeness (QED) is 0.686. The molecule has 2 aliphatic heterocycles. The number of piperidine rings is 1. The first-order valence-corrected chi connectivity index (χ1v) is 10.5. The molecule has 152 valence electrons. The Kier molecular flexibility index (Phi) is 7.53. The van der Waals surface area contributed by atoms with Crippen molar-refractivity contribution in [2.75, 3.05) is 26.2 Å². The second-order valence-electron chi connectivity index (χ2n) is 8.33. The average molecular weight is 402 g/mol. The molecule has 0 aromatic heterocycles. The molecule has 2 heterocycles. The monoisotopic (exact) mass is 401 g/mol. The molecule has 4 rings (SSSR count). The van der Waals surface area contributed by atoms with Crippen molar-refractivity contribution < 1.29 is 26.4 Å². The Morgan fingerprint density at radius 3 is 2.25 bits per heavy atom. The van der Waals surface area contributed by atoms with Crippen molar-refractivity contribution in [3.63, 3.8) is 0 Å². The largest absolute Gasteiger partial charge is 1.00 e. The van der Waals surface area contributed by atoms with Crippen LogP contribution in [0.3, 0.4) is 0 Å². The van der Waals surface area contributed by atoms with Crippen molar-refractivity contribution >= 4 is 0 Å². The molecule has 0 radical (unpaired) electrons. The van der Waals surface area contributed by atoms with Crippen LogP contribution in [0.25, 0.3) is 0 Å². The van der Waals surface area contributed by atoms with Gasteiger partial charge in [0, 0.05) is 11.5 Å². The molecule has 0 amide bonds. The lowest BCUT2D eigenvalue weighted by Gasteiger charge is -2.43. The first-order valence-electron chi connectivity index (χ1n) is 10.5. The molecule has 2 fully saturated rings. The van der Waals surface area contributed by atoms with Crippen LogP contribution >= 0.6 is 0 Å². The van der Waals surface area contributed by atoms with E-state index in [1.807, 2.05) is 0 Å². The first kappa shape index (κ1) is 21.3. The molecular weight excluding hydrogens is 370 g/mol. The number of rotatable bonds is 6. The van der Waals surface area contributed by atoms with Crippen LogP contribution in [-0.2, 0) is 16.0 Å². The van der Waals surface area contributed by atoms with Crippen molar-refractivity contribution in [3.8, 4) is 0 Å². The number of hydrogen-bond donors (Lipinski definition) is 0. The fourth-order valence-corrected chi connectivity index (χ4v) is 4.73. The lowest BCUT2D eigenvalue weighted by molar-refractivity contribution is -0.947. The number of nitrogens with zero attached hydrogens (tertiary/aromatic N) is 1. The summed E-state index contributed by atoms with van der Waals surface area (Å²) in [6, 6.07) is 21.5. The standard InChI is InChI=1S/C24H32NO2.ClH/c1-20(22-13-7-3-8-14-22)24-26-19-23(27-24)18-25(15-9-4-10-16-25)17-21-11-5-2-6-12-21;/h2-3,5-8,11-14,20,23-24H,4,9-10,15-19H2,1H3;1H/q+1;/p-1. The van der Waals surface area contributed by atoms with Crippen molar-refractivity contribution in [2.24, 2.45) is 0 Å². The predicted molar refractivity (Wildman–Crippen MR) is 108 cm³/mol. The van der Waals surface area contributed by atoms with Crippen LogP contribution in [0, 0.1) is 0 Å². The van der Waals surface area contributed by atoms with E-state index in [0.717, 1.165) is 24.2 Å². The highest BCUT2D eigenvalue weighted by molar-refractivity contribution is 5.19. The van der Waals surface area contributed by atoms with Crippen molar-refractivity contribution in [1.82, 2.24) is 0 Å². The van der Waals surface area contributed by atoms with Crippen molar-refractivity contribution in [1.29, 1.82) is 0 Å². The maximum absolute atomic E-state index is 6.41. The molecule has 0 N–H and O–H groups in total. The van der Waals surface area contributed by atoms with Gasteiger partial charge in [0.2, 0.25) is 0 Å².